The molecule has 2 amide bonds. The minimum absolute atomic E-state index is 0.134. The standard InChI is InChI=1S/C26H23F3N2O2/c27-26(28,29)21-13-7-12-20(14-21)22-16-31(25(33)19-10-5-2-6-11-19)17-23(22)24(32)30-15-18-8-3-1-4-9-18/h1-14,22-23H,15-17H2,(H,30,32). The molecule has 7 heteroatoms. The predicted octanol–water partition coefficient (Wildman–Crippen LogP) is 4.88. The van der Waals surface area contributed by atoms with Crippen molar-refractivity contribution in [3.05, 3.63) is 107 Å². The molecule has 0 aromatic heterocycles. The molecule has 33 heavy (non-hydrogen) atoms. The number of rotatable bonds is 5. The van der Waals surface area contributed by atoms with Crippen molar-refractivity contribution in [3.63, 3.8) is 0 Å². The molecule has 0 bridgehead atoms. The highest BCUT2D eigenvalue weighted by atomic mass is 19.4. The highest BCUT2D eigenvalue weighted by Crippen LogP contribution is 2.37. The molecule has 4 nitrogen and oxygen atoms in total. The van der Waals surface area contributed by atoms with Crippen molar-refractivity contribution in [2.45, 2.75) is 18.6 Å². The summed E-state index contributed by atoms with van der Waals surface area (Å²) in [5.74, 6) is -1.74. The van der Waals surface area contributed by atoms with Gasteiger partial charge in [0.05, 0.1) is 11.5 Å². The van der Waals surface area contributed by atoms with E-state index in [1.165, 1.54) is 6.07 Å². The molecule has 0 spiro atoms. The van der Waals surface area contributed by atoms with Gasteiger partial charge in [0.1, 0.15) is 0 Å². The molecule has 1 aliphatic rings. The quantitative estimate of drug-likeness (QED) is 0.600. The summed E-state index contributed by atoms with van der Waals surface area (Å²) >= 11 is 0. The second-order valence-electron chi connectivity index (χ2n) is 8.12. The molecule has 1 fully saturated rings. The number of hydrogen-bond acceptors (Lipinski definition) is 2. The normalized spacial score (nSPS) is 18.2. The van der Waals surface area contributed by atoms with Crippen LogP contribution in [0.5, 0.6) is 0 Å². The molecule has 3 aromatic carbocycles. The van der Waals surface area contributed by atoms with Crippen LogP contribution < -0.4 is 5.32 Å². The molecule has 1 saturated heterocycles. The number of amides is 2. The van der Waals surface area contributed by atoms with Crippen LogP contribution in [0.2, 0.25) is 0 Å². The number of hydrogen-bond donors (Lipinski definition) is 1. The van der Waals surface area contributed by atoms with E-state index >= 15 is 0 Å². The van der Waals surface area contributed by atoms with Gasteiger partial charge in [0, 0.05) is 31.1 Å². The molecular weight excluding hydrogens is 429 g/mol. The van der Waals surface area contributed by atoms with Gasteiger partial charge in [0.15, 0.2) is 0 Å². The molecule has 1 aliphatic heterocycles. The highest BCUT2D eigenvalue weighted by molar-refractivity contribution is 5.95. The van der Waals surface area contributed by atoms with E-state index in [9.17, 15) is 22.8 Å². The first-order valence-electron chi connectivity index (χ1n) is 10.7. The number of nitrogens with one attached hydrogen (secondary N) is 1. The van der Waals surface area contributed by atoms with Gasteiger partial charge >= 0.3 is 6.18 Å². The van der Waals surface area contributed by atoms with Gasteiger partial charge in [-0.2, -0.15) is 13.2 Å². The van der Waals surface area contributed by atoms with Gasteiger partial charge in [-0.1, -0.05) is 66.7 Å². The summed E-state index contributed by atoms with van der Waals surface area (Å²) in [5, 5.41) is 2.89. The maximum atomic E-state index is 13.3. The number of benzene rings is 3. The fourth-order valence-electron chi connectivity index (χ4n) is 4.20. The van der Waals surface area contributed by atoms with Crippen LogP contribution >= 0.6 is 0 Å². The summed E-state index contributed by atoms with van der Waals surface area (Å²) in [6, 6.07) is 23.1. The van der Waals surface area contributed by atoms with Crippen molar-refractivity contribution in [1.29, 1.82) is 0 Å². The maximum Gasteiger partial charge on any atom is 0.416 e. The van der Waals surface area contributed by atoms with Gasteiger partial charge in [-0.3, -0.25) is 9.59 Å². The fraction of sp³-hybridized carbons (Fsp3) is 0.231. The van der Waals surface area contributed by atoms with Gasteiger partial charge in [0.25, 0.3) is 5.91 Å². The third-order valence-electron chi connectivity index (χ3n) is 5.92. The Morgan fingerprint density at radius 3 is 2.21 bits per heavy atom. The van der Waals surface area contributed by atoms with Crippen LogP contribution in [0.4, 0.5) is 13.2 Å². The summed E-state index contributed by atoms with van der Waals surface area (Å²) in [6.45, 7) is 0.603. The first-order valence-corrected chi connectivity index (χ1v) is 10.7. The van der Waals surface area contributed by atoms with E-state index < -0.39 is 23.6 Å². The lowest BCUT2D eigenvalue weighted by molar-refractivity contribution is -0.137. The van der Waals surface area contributed by atoms with Crippen LogP contribution in [0.3, 0.4) is 0 Å². The van der Waals surface area contributed by atoms with E-state index in [-0.39, 0.29) is 24.9 Å². The van der Waals surface area contributed by atoms with Crippen LogP contribution in [0, 0.1) is 5.92 Å². The summed E-state index contributed by atoms with van der Waals surface area (Å²) < 4.78 is 39.9. The number of halogens is 3. The van der Waals surface area contributed by atoms with Gasteiger partial charge < -0.3 is 10.2 Å². The molecule has 0 saturated carbocycles. The monoisotopic (exact) mass is 452 g/mol. The second kappa shape index (κ2) is 9.48. The Bertz CT molecular complexity index is 1120. The molecule has 0 radical (unpaired) electrons. The largest absolute Gasteiger partial charge is 0.416 e. The second-order valence-corrected chi connectivity index (χ2v) is 8.12. The molecule has 0 aliphatic carbocycles. The van der Waals surface area contributed by atoms with Crippen molar-refractivity contribution in [3.8, 4) is 0 Å². The zero-order chi connectivity index (χ0) is 23.4. The van der Waals surface area contributed by atoms with Crippen molar-refractivity contribution < 1.29 is 22.8 Å². The molecule has 2 atom stereocenters. The SMILES string of the molecule is O=C(NCc1ccccc1)C1CN(C(=O)c2ccccc2)CC1c1cccc(C(F)(F)F)c1. The third kappa shape index (κ3) is 5.25. The minimum atomic E-state index is -4.49. The van der Waals surface area contributed by atoms with Crippen molar-refractivity contribution >= 4 is 11.8 Å². The number of carbonyl (C=O) groups is 2. The van der Waals surface area contributed by atoms with Gasteiger partial charge in [0.2, 0.25) is 5.91 Å². The molecule has 170 valence electrons. The van der Waals surface area contributed by atoms with E-state index in [1.807, 2.05) is 30.3 Å². The van der Waals surface area contributed by atoms with Crippen LogP contribution in [-0.4, -0.2) is 29.8 Å². The van der Waals surface area contributed by atoms with Crippen LogP contribution in [0.1, 0.15) is 33.0 Å². The van der Waals surface area contributed by atoms with Crippen LogP contribution in [0.15, 0.2) is 84.9 Å². The summed E-state index contributed by atoms with van der Waals surface area (Å²) in [4.78, 5) is 27.7. The molecular formula is C26H23F3N2O2. The number of nitrogens with zero attached hydrogens (tertiary/aromatic N) is 1. The first kappa shape index (κ1) is 22.6. The van der Waals surface area contributed by atoms with Crippen molar-refractivity contribution in [1.82, 2.24) is 10.2 Å². The molecule has 1 N–H and O–H groups in total. The Kier molecular flexibility index (Phi) is 6.49. The number of likely N-dealkylation sites (tertiary alicyclic amines) is 1. The Hall–Kier alpha value is -3.61. The first-order chi connectivity index (χ1) is 15.8. The molecule has 3 aromatic rings. The Morgan fingerprint density at radius 1 is 0.879 bits per heavy atom. The van der Waals surface area contributed by atoms with E-state index in [1.54, 1.807) is 41.3 Å². The Balaban J connectivity index is 1.59. The van der Waals surface area contributed by atoms with Gasteiger partial charge in [-0.25, -0.2) is 0 Å². The van der Waals surface area contributed by atoms with Crippen LogP contribution in [-0.2, 0) is 17.5 Å². The number of carbonyl (C=O) groups excluding carboxylic acids is 2. The summed E-state index contributed by atoms with van der Waals surface area (Å²) in [7, 11) is 0. The average molecular weight is 452 g/mol. The Morgan fingerprint density at radius 2 is 1.55 bits per heavy atom. The molecule has 4 rings (SSSR count). The maximum absolute atomic E-state index is 13.3. The topological polar surface area (TPSA) is 49.4 Å². The average Bonchev–Trinajstić information content (AvgIpc) is 3.28. The predicted molar refractivity (Wildman–Crippen MR) is 118 cm³/mol. The smallest absolute Gasteiger partial charge is 0.352 e. The highest BCUT2D eigenvalue weighted by Gasteiger charge is 2.41. The molecule has 1 heterocycles. The number of alkyl halides is 3. The van der Waals surface area contributed by atoms with Crippen molar-refractivity contribution in [2.24, 2.45) is 5.92 Å². The molecule has 2 unspecified atom stereocenters. The zero-order valence-corrected chi connectivity index (χ0v) is 17.8. The van der Waals surface area contributed by atoms with Gasteiger partial charge in [-0.05, 0) is 29.3 Å². The lowest BCUT2D eigenvalue weighted by Crippen LogP contribution is -2.35. The van der Waals surface area contributed by atoms with E-state index in [0.29, 0.717) is 17.7 Å². The van der Waals surface area contributed by atoms with E-state index in [0.717, 1.165) is 17.7 Å². The Labute approximate surface area is 190 Å². The van der Waals surface area contributed by atoms with E-state index in [4.69, 9.17) is 0 Å². The fourth-order valence-corrected chi connectivity index (χ4v) is 4.20. The third-order valence-corrected chi connectivity index (χ3v) is 5.92. The minimum Gasteiger partial charge on any atom is -0.352 e. The summed E-state index contributed by atoms with van der Waals surface area (Å²) in [6.07, 6.45) is -4.49. The zero-order valence-electron chi connectivity index (χ0n) is 17.8. The lowest BCUT2D eigenvalue weighted by Gasteiger charge is -2.19. The van der Waals surface area contributed by atoms with Gasteiger partial charge in [-0.15, -0.1) is 0 Å². The van der Waals surface area contributed by atoms with E-state index in [2.05, 4.69) is 5.32 Å². The lowest BCUT2D eigenvalue weighted by atomic mass is 9.87. The summed E-state index contributed by atoms with van der Waals surface area (Å²) in [5.41, 5.74) is 1.02. The van der Waals surface area contributed by atoms with Crippen LogP contribution in [0.25, 0.3) is 0 Å². The van der Waals surface area contributed by atoms with Crippen molar-refractivity contribution in [2.75, 3.05) is 13.1 Å².